The number of amides is 1. The lowest BCUT2D eigenvalue weighted by atomic mass is 10.1. The Bertz CT molecular complexity index is 463. The first kappa shape index (κ1) is 17.4. The highest BCUT2D eigenvalue weighted by Gasteiger charge is 2.21. The predicted molar refractivity (Wildman–Crippen MR) is 77.3 cm³/mol. The molecule has 1 rings (SSSR count). The van der Waals surface area contributed by atoms with Crippen molar-refractivity contribution in [2.75, 3.05) is 26.4 Å². The SMILES string of the molecule is CCOCCOCC(=O)NC(C(=O)O)c1ccc(Cl)cc1. The lowest BCUT2D eigenvalue weighted by Crippen LogP contribution is -2.36. The second kappa shape index (κ2) is 9.33. The van der Waals surface area contributed by atoms with Crippen molar-refractivity contribution < 1.29 is 24.2 Å². The second-order valence-electron chi connectivity index (χ2n) is 4.14. The minimum absolute atomic E-state index is 0.218. The molecule has 116 valence electrons. The fourth-order valence-corrected chi connectivity index (χ4v) is 1.70. The molecule has 1 atom stereocenters. The molecule has 0 heterocycles. The average molecular weight is 316 g/mol. The maximum atomic E-state index is 11.7. The molecule has 0 aliphatic heterocycles. The van der Waals surface area contributed by atoms with Crippen molar-refractivity contribution in [2.45, 2.75) is 13.0 Å². The van der Waals surface area contributed by atoms with E-state index in [1.807, 2.05) is 6.92 Å². The van der Waals surface area contributed by atoms with Crippen molar-refractivity contribution in [1.82, 2.24) is 5.32 Å². The predicted octanol–water partition coefficient (Wildman–Crippen LogP) is 1.64. The number of aliphatic carboxylic acids is 1. The van der Waals surface area contributed by atoms with E-state index in [0.29, 0.717) is 23.8 Å². The smallest absolute Gasteiger partial charge is 0.330 e. The number of benzene rings is 1. The molecular weight excluding hydrogens is 298 g/mol. The molecule has 1 unspecified atom stereocenters. The Hall–Kier alpha value is -1.63. The summed E-state index contributed by atoms with van der Waals surface area (Å²) in [6.07, 6.45) is 0. The van der Waals surface area contributed by atoms with Crippen LogP contribution in [0.1, 0.15) is 18.5 Å². The summed E-state index contributed by atoms with van der Waals surface area (Å²) in [6, 6.07) is 5.11. The van der Waals surface area contributed by atoms with Crippen molar-refractivity contribution in [3.63, 3.8) is 0 Å². The minimum atomic E-state index is -1.15. The zero-order valence-electron chi connectivity index (χ0n) is 11.7. The van der Waals surface area contributed by atoms with Crippen LogP contribution in [-0.4, -0.2) is 43.4 Å². The first-order chi connectivity index (χ1) is 10.0. The summed E-state index contributed by atoms with van der Waals surface area (Å²) in [4.78, 5) is 22.9. The molecule has 21 heavy (non-hydrogen) atoms. The standard InChI is InChI=1S/C14H18ClNO5/c1-2-20-7-8-21-9-12(17)16-13(14(18)19)10-3-5-11(15)6-4-10/h3-6,13H,2,7-9H2,1H3,(H,16,17)(H,18,19). The lowest BCUT2D eigenvalue weighted by molar-refractivity contribution is -0.142. The Labute approximate surface area is 128 Å². The number of carbonyl (C=O) groups is 2. The number of rotatable bonds is 9. The number of carboxylic acids is 1. The van der Waals surface area contributed by atoms with E-state index >= 15 is 0 Å². The van der Waals surface area contributed by atoms with E-state index in [2.05, 4.69) is 5.32 Å². The van der Waals surface area contributed by atoms with E-state index in [1.165, 1.54) is 0 Å². The Morgan fingerprint density at radius 2 is 1.86 bits per heavy atom. The van der Waals surface area contributed by atoms with Gasteiger partial charge in [-0.2, -0.15) is 0 Å². The van der Waals surface area contributed by atoms with Gasteiger partial charge in [0.1, 0.15) is 6.61 Å². The van der Waals surface area contributed by atoms with Gasteiger partial charge in [-0.25, -0.2) is 4.79 Å². The van der Waals surface area contributed by atoms with Crippen molar-refractivity contribution in [3.05, 3.63) is 34.9 Å². The highest BCUT2D eigenvalue weighted by Crippen LogP contribution is 2.16. The maximum Gasteiger partial charge on any atom is 0.330 e. The van der Waals surface area contributed by atoms with Crippen LogP contribution < -0.4 is 5.32 Å². The molecule has 0 aliphatic carbocycles. The summed E-state index contributed by atoms with van der Waals surface area (Å²) in [7, 11) is 0. The van der Waals surface area contributed by atoms with Gasteiger partial charge in [0.25, 0.3) is 0 Å². The van der Waals surface area contributed by atoms with Crippen LogP contribution in [0.4, 0.5) is 0 Å². The van der Waals surface area contributed by atoms with Gasteiger partial charge in [0.05, 0.1) is 13.2 Å². The van der Waals surface area contributed by atoms with Crippen LogP contribution in [0.3, 0.4) is 0 Å². The molecule has 0 spiro atoms. The maximum absolute atomic E-state index is 11.7. The molecule has 7 heteroatoms. The van der Waals surface area contributed by atoms with Crippen LogP contribution >= 0.6 is 11.6 Å². The average Bonchev–Trinajstić information content (AvgIpc) is 2.45. The van der Waals surface area contributed by atoms with Crippen molar-refractivity contribution in [1.29, 1.82) is 0 Å². The summed E-state index contributed by atoms with van der Waals surface area (Å²) in [6.45, 7) is 2.89. The van der Waals surface area contributed by atoms with Crippen LogP contribution in [0.15, 0.2) is 24.3 Å². The van der Waals surface area contributed by atoms with E-state index in [0.717, 1.165) is 0 Å². The fourth-order valence-electron chi connectivity index (χ4n) is 1.57. The minimum Gasteiger partial charge on any atom is -0.479 e. The Morgan fingerprint density at radius 3 is 2.43 bits per heavy atom. The van der Waals surface area contributed by atoms with Crippen LogP contribution in [-0.2, 0) is 19.1 Å². The van der Waals surface area contributed by atoms with Crippen molar-refractivity contribution >= 4 is 23.5 Å². The molecule has 1 amide bonds. The molecule has 0 bridgehead atoms. The normalized spacial score (nSPS) is 11.9. The Morgan fingerprint density at radius 1 is 1.24 bits per heavy atom. The van der Waals surface area contributed by atoms with Gasteiger partial charge in [-0.15, -0.1) is 0 Å². The number of nitrogens with one attached hydrogen (secondary N) is 1. The van der Waals surface area contributed by atoms with E-state index in [4.69, 9.17) is 21.1 Å². The van der Waals surface area contributed by atoms with E-state index in [-0.39, 0.29) is 13.2 Å². The van der Waals surface area contributed by atoms with Gasteiger partial charge in [0, 0.05) is 11.6 Å². The number of carboxylic acid groups (broad SMARTS) is 1. The van der Waals surface area contributed by atoms with E-state index < -0.39 is 17.9 Å². The molecule has 0 radical (unpaired) electrons. The third kappa shape index (κ3) is 6.57. The number of ether oxygens (including phenoxy) is 2. The quantitative estimate of drug-likeness (QED) is 0.677. The summed E-state index contributed by atoms with van der Waals surface area (Å²) in [5.74, 6) is -1.66. The fraction of sp³-hybridized carbons (Fsp3) is 0.429. The number of hydrogen-bond donors (Lipinski definition) is 2. The monoisotopic (exact) mass is 315 g/mol. The second-order valence-corrected chi connectivity index (χ2v) is 4.58. The van der Waals surface area contributed by atoms with Gasteiger partial charge in [-0.3, -0.25) is 4.79 Å². The van der Waals surface area contributed by atoms with Crippen molar-refractivity contribution in [3.8, 4) is 0 Å². The molecule has 0 saturated carbocycles. The van der Waals surface area contributed by atoms with Crippen molar-refractivity contribution in [2.24, 2.45) is 0 Å². The van der Waals surface area contributed by atoms with Gasteiger partial charge in [-0.1, -0.05) is 23.7 Å². The molecule has 6 nitrogen and oxygen atoms in total. The Balaban J connectivity index is 2.49. The molecule has 2 N–H and O–H groups in total. The molecular formula is C14H18ClNO5. The number of carbonyl (C=O) groups excluding carboxylic acids is 1. The summed E-state index contributed by atoms with van der Waals surface area (Å²) in [5, 5.41) is 12.1. The van der Waals surface area contributed by atoms with Gasteiger partial charge in [0.2, 0.25) is 5.91 Å². The highest BCUT2D eigenvalue weighted by molar-refractivity contribution is 6.30. The molecule has 0 aliphatic rings. The number of hydrogen-bond acceptors (Lipinski definition) is 4. The van der Waals surface area contributed by atoms with Gasteiger partial charge in [0.15, 0.2) is 6.04 Å². The van der Waals surface area contributed by atoms with Gasteiger partial charge >= 0.3 is 5.97 Å². The van der Waals surface area contributed by atoms with Crippen LogP contribution in [0, 0.1) is 0 Å². The van der Waals surface area contributed by atoms with E-state index in [9.17, 15) is 14.7 Å². The number of halogens is 1. The molecule has 1 aromatic carbocycles. The first-order valence-electron chi connectivity index (χ1n) is 6.47. The largest absolute Gasteiger partial charge is 0.479 e. The lowest BCUT2D eigenvalue weighted by Gasteiger charge is -2.15. The van der Waals surface area contributed by atoms with Gasteiger partial charge in [-0.05, 0) is 24.6 Å². The zero-order valence-corrected chi connectivity index (χ0v) is 12.4. The molecule has 0 fully saturated rings. The molecule has 0 aromatic heterocycles. The van der Waals surface area contributed by atoms with Crippen LogP contribution in [0.5, 0.6) is 0 Å². The van der Waals surface area contributed by atoms with Crippen LogP contribution in [0.25, 0.3) is 0 Å². The third-order valence-corrected chi connectivity index (χ3v) is 2.82. The summed E-state index contributed by atoms with van der Waals surface area (Å²) < 4.78 is 10.1. The topological polar surface area (TPSA) is 84.9 Å². The highest BCUT2D eigenvalue weighted by atomic mass is 35.5. The summed E-state index contributed by atoms with van der Waals surface area (Å²) in [5.41, 5.74) is 0.439. The van der Waals surface area contributed by atoms with Crippen LogP contribution in [0.2, 0.25) is 5.02 Å². The Kier molecular flexibility index (Phi) is 7.74. The molecule has 0 saturated heterocycles. The van der Waals surface area contributed by atoms with Gasteiger partial charge < -0.3 is 19.9 Å². The summed E-state index contributed by atoms with van der Waals surface area (Å²) >= 11 is 5.75. The van der Waals surface area contributed by atoms with E-state index in [1.54, 1.807) is 24.3 Å². The molecule has 1 aromatic rings. The first-order valence-corrected chi connectivity index (χ1v) is 6.85. The third-order valence-electron chi connectivity index (χ3n) is 2.56. The zero-order chi connectivity index (χ0) is 15.7.